The predicted octanol–water partition coefficient (Wildman–Crippen LogP) is 7.50. The van der Waals surface area contributed by atoms with Gasteiger partial charge < -0.3 is 0 Å². The summed E-state index contributed by atoms with van der Waals surface area (Å²) in [4.78, 5) is 0. The Morgan fingerprint density at radius 1 is 0.458 bits per heavy atom. The second-order valence-electron chi connectivity index (χ2n) is 9.21. The normalized spacial score (nSPS) is 19.0. The molecule has 4 rings (SSSR count). The van der Waals surface area contributed by atoms with Gasteiger partial charge in [-0.3, -0.25) is 0 Å². The van der Waals surface area contributed by atoms with Crippen LogP contribution in [-0.4, -0.2) is 6.17 Å². The van der Waals surface area contributed by atoms with Crippen molar-refractivity contribution in [3.63, 3.8) is 0 Å². The fraction of sp³-hybridized carbons (Fsp3) is 0.0667. The molecule has 2 aliphatic rings. The Morgan fingerprint density at radius 3 is 1.08 bits per heavy atom. The van der Waals surface area contributed by atoms with E-state index in [9.17, 15) is 42.1 Å². The molecule has 1 fully saturated rings. The third-order valence-electron chi connectivity index (χ3n) is 6.89. The number of allylic oxidation sites excluding steroid dienone is 10. The highest BCUT2D eigenvalue weighted by Crippen LogP contribution is 2.58. The number of alkyl halides is 1. The maximum absolute atomic E-state index is 15.1. The lowest BCUT2D eigenvalue weighted by molar-refractivity contribution is 0.249. The summed E-state index contributed by atoms with van der Waals surface area (Å²) in [5.41, 5.74) is -19.4. The van der Waals surface area contributed by atoms with Crippen molar-refractivity contribution in [1.82, 2.24) is 0 Å². The highest BCUT2D eigenvalue weighted by Gasteiger charge is 2.48. The van der Waals surface area contributed by atoms with Crippen LogP contribution in [0.15, 0.2) is 45.3 Å². The summed E-state index contributed by atoms with van der Waals surface area (Å²) < 4.78 is 178. The molecule has 18 heteroatoms. The number of nitriles is 6. The van der Waals surface area contributed by atoms with Crippen LogP contribution in [0, 0.1) is 120 Å². The lowest BCUT2D eigenvalue weighted by Crippen LogP contribution is -2.23. The maximum Gasteiger partial charge on any atom is 0.180 e. The molecule has 0 saturated heterocycles. The zero-order valence-electron chi connectivity index (χ0n) is 22.4. The topological polar surface area (TPSA) is 143 Å². The highest BCUT2D eigenvalue weighted by atomic mass is 19.2. The summed E-state index contributed by atoms with van der Waals surface area (Å²) in [6.07, 6.45) is -3.36. The zero-order chi connectivity index (χ0) is 36.1. The molecule has 2 unspecified atom stereocenters. The van der Waals surface area contributed by atoms with Crippen molar-refractivity contribution in [3.05, 3.63) is 114 Å². The van der Waals surface area contributed by atoms with Crippen molar-refractivity contribution < 1.29 is 52.7 Å². The molecule has 6 nitrogen and oxygen atoms in total. The van der Waals surface area contributed by atoms with Crippen LogP contribution in [-0.2, 0) is 0 Å². The Hall–Kier alpha value is -6.76. The molecule has 2 atom stereocenters. The molecule has 2 aromatic rings. The van der Waals surface area contributed by atoms with Crippen molar-refractivity contribution in [1.29, 1.82) is 31.6 Å². The van der Waals surface area contributed by atoms with E-state index < -0.39 is 137 Å². The van der Waals surface area contributed by atoms with E-state index in [2.05, 4.69) is 0 Å². The van der Waals surface area contributed by atoms with E-state index in [0.29, 0.717) is 0 Å². The molecule has 2 aromatic carbocycles. The van der Waals surface area contributed by atoms with Crippen molar-refractivity contribution in [3.8, 4) is 36.4 Å². The van der Waals surface area contributed by atoms with Crippen molar-refractivity contribution in [2.45, 2.75) is 6.17 Å². The van der Waals surface area contributed by atoms with Gasteiger partial charge in [-0.15, -0.1) is 0 Å². The third-order valence-corrected chi connectivity index (χ3v) is 6.89. The molecule has 2 aliphatic carbocycles. The van der Waals surface area contributed by atoms with Gasteiger partial charge in [-0.25, -0.2) is 52.7 Å². The molecule has 0 radical (unpaired) electrons. The zero-order valence-corrected chi connectivity index (χ0v) is 22.4. The van der Waals surface area contributed by atoms with Crippen LogP contribution in [0.4, 0.5) is 52.7 Å². The molecule has 0 N–H and O–H groups in total. The molecular formula is C30H2F12N6. The van der Waals surface area contributed by atoms with E-state index in [1.165, 1.54) is 0 Å². The minimum absolute atomic E-state index is 0.770. The van der Waals surface area contributed by atoms with Crippen LogP contribution in [0.25, 0.3) is 11.1 Å². The summed E-state index contributed by atoms with van der Waals surface area (Å²) in [5, 5.41) is 56.0. The van der Waals surface area contributed by atoms with Gasteiger partial charge in [0.2, 0.25) is 0 Å². The van der Waals surface area contributed by atoms with Crippen LogP contribution >= 0.6 is 0 Å². The lowest BCUT2D eigenvalue weighted by atomic mass is 9.89. The van der Waals surface area contributed by atoms with Gasteiger partial charge >= 0.3 is 0 Å². The average molecular weight is 674 g/mol. The molecule has 236 valence electrons. The molecule has 0 aromatic heterocycles. The van der Waals surface area contributed by atoms with E-state index in [4.69, 9.17) is 15.8 Å². The summed E-state index contributed by atoms with van der Waals surface area (Å²) in [6.45, 7) is 0. The number of benzene rings is 2. The molecule has 0 spiro atoms. The van der Waals surface area contributed by atoms with Crippen molar-refractivity contribution in [2.24, 2.45) is 5.92 Å². The number of hydrogen-bond donors (Lipinski definition) is 0. The Bertz CT molecular complexity index is 2170. The van der Waals surface area contributed by atoms with Crippen LogP contribution in [0.1, 0.15) is 22.3 Å². The number of nitrogens with zero attached hydrogens (tertiary/aromatic N) is 6. The van der Waals surface area contributed by atoms with Crippen LogP contribution in [0.2, 0.25) is 0 Å². The molecule has 0 bridgehead atoms. The van der Waals surface area contributed by atoms with Gasteiger partial charge in [-0.05, 0) is 0 Å². The van der Waals surface area contributed by atoms with E-state index >= 15 is 26.3 Å². The first kappa shape index (κ1) is 34.1. The summed E-state index contributed by atoms with van der Waals surface area (Å²) in [7, 11) is 0. The monoisotopic (exact) mass is 674 g/mol. The Balaban J connectivity index is 2.34. The molecule has 0 amide bonds. The van der Waals surface area contributed by atoms with Gasteiger partial charge in [-0.1, -0.05) is 0 Å². The van der Waals surface area contributed by atoms with Gasteiger partial charge in [0.05, 0.1) is 39.5 Å². The van der Waals surface area contributed by atoms with Crippen LogP contribution in [0.5, 0.6) is 0 Å². The van der Waals surface area contributed by atoms with Crippen LogP contribution in [0.3, 0.4) is 0 Å². The second kappa shape index (κ2) is 12.2. The fourth-order valence-corrected chi connectivity index (χ4v) is 4.67. The van der Waals surface area contributed by atoms with Crippen LogP contribution < -0.4 is 0 Å². The second-order valence-corrected chi connectivity index (χ2v) is 9.21. The summed E-state index contributed by atoms with van der Waals surface area (Å²) >= 11 is 0. The van der Waals surface area contributed by atoms with Crippen molar-refractivity contribution >= 4 is 11.1 Å². The molecule has 48 heavy (non-hydrogen) atoms. The first-order chi connectivity index (χ1) is 22.6. The summed E-state index contributed by atoms with van der Waals surface area (Å²) in [6, 6.07) is 5.33. The SMILES string of the molecule is N#CC(=C1C(=C(C#N)c2c(F)c(F)c(C#N)c(F)c2F)C1=C(C#N)c1c(F)c(F)c(C#N)c(F)c1F)C1=C(F)C(F)C(C#N)C(F)=C1F. The minimum Gasteiger partial charge on any atom is -0.238 e. The highest BCUT2D eigenvalue weighted by molar-refractivity contribution is 6.07. The van der Waals surface area contributed by atoms with Gasteiger partial charge in [0.1, 0.15) is 53.2 Å². The first-order valence-corrected chi connectivity index (χ1v) is 12.1. The molecule has 0 aliphatic heterocycles. The molecule has 0 heterocycles. The predicted molar refractivity (Wildman–Crippen MR) is 131 cm³/mol. The number of halogens is 12. The molecule has 1 saturated carbocycles. The minimum atomic E-state index is -3.36. The van der Waals surface area contributed by atoms with Crippen molar-refractivity contribution in [2.75, 3.05) is 0 Å². The fourth-order valence-electron chi connectivity index (χ4n) is 4.67. The smallest absolute Gasteiger partial charge is 0.180 e. The van der Waals surface area contributed by atoms with Gasteiger partial charge in [0, 0.05) is 16.7 Å². The Labute approximate surface area is 258 Å². The first-order valence-electron chi connectivity index (χ1n) is 12.1. The van der Waals surface area contributed by atoms with Gasteiger partial charge in [0.25, 0.3) is 0 Å². The quantitative estimate of drug-likeness (QED) is 0.188. The molecular weight excluding hydrogens is 672 g/mol. The largest absolute Gasteiger partial charge is 0.238 e. The summed E-state index contributed by atoms with van der Waals surface area (Å²) in [5.74, 6) is -29.8. The van der Waals surface area contributed by atoms with E-state index in [0.717, 1.165) is 36.4 Å². The van der Waals surface area contributed by atoms with E-state index in [1.807, 2.05) is 0 Å². The lowest BCUT2D eigenvalue weighted by Gasteiger charge is -2.20. The van der Waals surface area contributed by atoms with E-state index in [-0.39, 0.29) is 0 Å². The van der Waals surface area contributed by atoms with E-state index in [1.54, 1.807) is 0 Å². The Kier molecular flexibility index (Phi) is 8.68. The number of hydrogen-bond acceptors (Lipinski definition) is 6. The maximum atomic E-state index is 15.1. The average Bonchev–Trinajstić information content (AvgIpc) is 3.78. The van der Waals surface area contributed by atoms with Gasteiger partial charge in [0.15, 0.2) is 64.4 Å². The standard InChI is InChI=1S/C30H2F12N6/c31-19-10(4-46)20(32)26(38)16(25(19)37)7(1-43)13-14(8(2-44)17-27(39)21(33)11(5-47)22(34)28(17)40)15(13)9(3-45)18-29(41)23(35)12(6-48)24(36)30(18)42/h10,19H. The number of rotatable bonds is 3. The Morgan fingerprint density at radius 2 is 0.792 bits per heavy atom. The third kappa shape index (κ3) is 4.64. The van der Waals surface area contributed by atoms with Gasteiger partial charge in [-0.2, -0.15) is 31.6 Å².